The molecule has 2 aromatic rings. The third kappa shape index (κ3) is 4.88. The van der Waals surface area contributed by atoms with E-state index in [1.54, 1.807) is 32.2 Å². The smallest absolute Gasteiger partial charge is 0.255 e. The lowest BCUT2D eigenvalue weighted by atomic mass is 9.60. The molecule has 5 rings (SSSR count). The lowest BCUT2D eigenvalue weighted by Crippen LogP contribution is -2.53. The summed E-state index contributed by atoms with van der Waals surface area (Å²) in [6.07, 6.45) is 0.590. The Hall–Kier alpha value is -4.15. The van der Waals surface area contributed by atoms with Crippen molar-refractivity contribution in [1.29, 1.82) is 0 Å². The Balaban J connectivity index is 1.66. The fraction of sp³-hybridized carbons (Fsp3) is 0.424. The Morgan fingerprint density at radius 3 is 2.33 bits per heavy atom. The minimum atomic E-state index is -1.22. The van der Waals surface area contributed by atoms with Crippen LogP contribution in [0.2, 0.25) is 0 Å². The zero-order chi connectivity index (χ0) is 31.3. The van der Waals surface area contributed by atoms with Crippen LogP contribution in [0.5, 0.6) is 11.5 Å². The summed E-state index contributed by atoms with van der Waals surface area (Å²) in [4.78, 5) is 43.7. The van der Waals surface area contributed by atoms with Gasteiger partial charge in [0.25, 0.3) is 5.91 Å². The summed E-state index contributed by atoms with van der Waals surface area (Å²) in [5.74, 6) is -5.23. The highest BCUT2D eigenvalue weighted by atomic mass is 16.5. The number of hydrogen-bond donors (Lipinski definition) is 4. The highest BCUT2D eigenvalue weighted by Crippen LogP contribution is 2.52. The normalized spacial score (nSPS) is 23.4. The first-order chi connectivity index (χ1) is 20.4. The van der Waals surface area contributed by atoms with Crippen molar-refractivity contribution in [3.63, 3.8) is 0 Å². The van der Waals surface area contributed by atoms with E-state index in [1.807, 2.05) is 18.2 Å². The van der Waals surface area contributed by atoms with Crippen LogP contribution in [0.1, 0.15) is 41.8 Å². The number of methoxy groups -OCH3 is 1. The van der Waals surface area contributed by atoms with E-state index in [4.69, 9.17) is 10.5 Å². The van der Waals surface area contributed by atoms with E-state index in [0.717, 1.165) is 36.3 Å². The van der Waals surface area contributed by atoms with Crippen molar-refractivity contribution in [3.8, 4) is 22.6 Å². The van der Waals surface area contributed by atoms with Gasteiger partial charge in [0.15, 0.2) is 11.6 Å². The number of carbonyl (C=O) groups is 3. The van der Waals surface area contributed by atoms with Gasteiger partial charge in [0.05, 0.1) is 24.6 Å². The van der Waals surface area contributed by atoms with Crippen molar-refractivity contribution in [2.45, 2.75) is 39.3 Å². The molecule has 0 aliphatic heterocycles. The van der Waals surface area contributed by atoms with Gasteiger partial charge < -0.3 is 25.8 Å². The van der Waals surface area contributed by atoms with Crippen LogP contribution in [0, 0.1) is 17.8 Å². The molecule has 0 aromatic heterocycles. The minimum absolute atomic E-state index is 0.0551. The average molecular weight is 590 g/mol. The van der Waals surface area contributed by atoms with Gasteiger partial charge in [-0.25, -0.2) is 0 Å². The Kier molecular flexibility index (Phi) is 8.11. The van der Waals surface area contributed by atoms with Gasteiger partial charge in [-0.2, -0.15) is 0 Å². The number of aliphatic hydroxyl groups excluding tert-OH is 2. The van der Waals surface area contributed by atoms with E-state index in [-0.39, 0.29) is 23.3 Å². The van der Waals surface area contributed by atoms with Crippen molar-refractivity contribution in [1.82, 2.24) is 9.80 Å². The molecule has 228 valence electrons. The predicted molar refractivity (Wildman–Crippen MR) is 161 cm³/mol. The van der Waals surface area contributed by atoms with Crippen LogP contribution in [0.25, 0.3) is 11.1 Å². The number of fused-ring (bicyclic) bond motifs is 3. The first kappa shape index (κ1) is 30.3. The van der Waals surface area contributed by atoms with Gasteiger partial charge in [-0.15, -0.1) is 0 Å². The van der Waals surface area contributed by atoms with E-state index < -0.39 is 58.4 Å². The molecule has 43 heavy (non-hydrogen) atoms. The molecule has 0 radical (unpaired) electrons. The molecule has 3 unspecified atom stereocenters. The number of carbonyl (C=O) groups excluding carboxylic acids is 3. The number of amides is 1. The van der Waals surface area contributed by atoms with Crippen molar-refractivity contribution in [2.75, 3.05) is 34.3 Å². The number of allylic oxidation sites excluding steroid dienone is 2. The summed E-state index contributed by atoms with van der Waals surface area (Å²) in [5, 5.41) is 33.5. The van der Waals surface area contributed by atoms with Crippen LogP contribution in [-0.4, -0.2) is 82.9 Å². The highest BCUT2D eigenvalue weighted by Gasteiger charge is 2.54. The fourth-order valence-corrected chi connectivity index (χ4v) is 7.29. The first-order valence-corrected chi connectivity index (χ1v) is 14.6. The molecule has 3 aliphatic rings. The Labute approximate surface area is 251 Å². The summed E-state index contributed by atoms with van der Waals surface area (Å²) in [6.45, 7) is 6.74. The number of primary amides is 1. The maximum atomic E-state index is 14.1. The third-order valence-corrected chi connectivity index (χ3v) is 9.30. The summed E-state index contributed by atoms with van der Waals surface area (Å²) < 4.78 is 5.72. The fourth-order valence-electron chi connectivity index (χ4n) is 7.29. The number of ether oxygens (including phenoxy) is 1. The number of phenols is 1. The molecular formula is C33H39N3O7. The average Bonchev–Trinajstić information content (AvgIpc) is 2.95. The number of phenolic OH excluding ortho intramolecular Hbond substituents is 1. The second-order valence-electron chi connectivity index (χ2n) is 11.8. The van der Waals surface area contributed by atoms with Crippen LogP contribution in [0.3, 0.4) is 0 Å². The van der Waals surface area contributed by atoms with E-state index >= 15 is 0 Å². The molecular weight excluding hydrogens is 550 g/mol. The summed E-state index contributed by atoms with van der Waals surface area (Å²) >= 11 is 0. The Morgan fingerprint density at radius 1 is 1.02 bits per heavy atom. The number of ketones is 2. The lowest BCUT2D eigenvalue weighted by molar-refractivity contribution is -0.127. The van der Waals surface area contributed by atoms with Crippen LogP contribution in [0.4, 0.5) is 0 Å². The van der Waals surface area contributed by atoms with Crippen LogP contribution in [0.15, 0.2) is 53.0 Å². The zero-order valence-electron chi connectivity index (χ0n) is 25.2. The first-order valence-electron chi connectivity index (χ1n) is 14.6. The molecule has 4 atom stereocenters. The van der Waals surface area contributed by atoms with Crippen LogP contribution >= 0.6 is 0 Å². The molecule has 3 aliphatic carbocycles. The van der Waals surface area contributed by atoms with E-state index in [1.165, 1.54) is 6.07 Å². The third-order valence-electron chi connectivity index (χ3n) is 9.30. The molecule has 0 heterocycles. The molecule has 10 nitrogen and oxygen atoms in total. The maximum absolute atomic E-state index is 14.1. The number of Topliss-reactive ketones (excluding diaryl/α,β-unsaturated/α-hetero) is 2. The van der Waals surface area contributed by atoms with Crippen molar-refractivity contribution in [3.05, 3.63) is 69.7 Å². The maximum Gasteiger partial charge on any atom is 0.255 e. The molecule has 5 N–H and O–H groups in total. The Bertz CT molecular complexity index is 1570. The number of nitrogens with two attached hydrogens (primary N) is 1. The zero-order valence-corrected chi connectivity index (χ0v) is 25.2. The molecule has 0 saturated carbocycles. The van der Waals surface area contributed by atoms with Crippen molar-refractivity contribution >= 4 is 17.5 Å². The van der Waals surface area contributed by atoms with Crippen LogP contribution < -0.4 is 10.5 Å². The highest BCUT2D eigenvalue weighted by molar-refractivity contribution is 6.22. The number of aromatic hydroxyl groups is 1. The minimum Gasteiger partial charge on any atom is -0.511 e. The second kappa shape index (κ2) is 11.5. The van der Waals surface area contributed by atoms with Crippen molar-refractivity contribution in [2.24, 2.45) is 23.5 Å². The van der Waals surface area contributed by atoms with Crippen LogP contribution in [-0.2, 0) is 22.6 Å². The Morgan fingerprint density at radius 2 is 1.72 bits per heavy atom. The number of nitrogens with zero attached hydrogens (tertiary/aromatic N) is 2. The summed E-state index contributed by atoms with van der Waals surface area (Å²) in [6, 6.07) is 8.44. The summed E-state index contributed by atoms with van der Waals surface area (Å²) in [5.41, 5.74) is 8.26. The second-order valence-corrected chi connectivity index (χ2v) is 11.8. The number of hydrogen-bond acceptors (Lipinski definition) is 9. The topological polar surface area (TPSA) is 154 Å². The molecule has 0 fully saturated rings. The lowest BCUT2D eigenvalue weighted by Gasteiger charge is -2.46. The molecule has 2 aromatic carbocycles. The number of benzene rings is 2. The largest absolute Gasteiger partial charge is 0.511 e. The molecule has 0 spiro atoms. The van der Waals surface area contributed by atoms with Gasteiger partial charge in [0, 0.05) is 17.7 Å². The van der Waals surface area contributed by atoms with Gasteiger partial charge >= 0.3 is 0 Å². The number of likely N-dealkylation sites (N-methyl/N-ethyl adjacent to an activating group) is 1. The monoisotopic (exact) mass is 589 g/mol. The number of aliphatic hydroxyl groups is 2. The standard InChI is InChI=1S/C33H39N3O7/c1-6-36(7-2)15-16-8-11-23(43-5)19(12-16)18-9-10-22(37)25-20(18)13-17-14-21-26(30(39)24(17)29(25)38)31(40)27(33(34)42)32(41)28(21)35(3)4/h8-12,17,21,26,28,37,39,41H,6-7,13-15H2,1-5H3,(H2,34,42)/t17?,21?,26?,28-/m0/s1. The van der Waals surface area contributed by atoms with E-state index in [9.17, 15) is 29.7 Å². The van der Waals surface area contributed by atoms with Crippen molar-refractivity contribution < 1.29 is 34.4 Å². The molecule has 0 bridgehead atoms. The SMILES string of the molecule is CCN(CC)Cc1ccc(OC)c(-c2ccc(O)c3c2CC2CC4C(C(=O)C(C(N)=O)=C(O)[C@H]4N(C)C)C(O)=C2C3=O)c1. The van der Waals surface area contributed by atoms with Gasteiger partial charge in [0.2, 0.25) is 0 Å². The van der Waals surface area contributed by atoms with Gasteiger partial charge in [-0.1, -0.05) is 26.0 Å². The summed E-state index contributed by atoms with van der Waals surface area (Å²) in [7, 11) is 5.00. The van der Waals surface area contributed by atoms with Gasteiger partial charge in [-0.05, 0) is 86.8 Å². The molecule has 0 saturated heterocycles. The van der Waals surface area contributed by atoms with E-state index in [0.29, 0.717) is 17.7 Å². The molecule has 10 heteroatoms. The molecule has 1 amide bonds. The van der Waals surface area contributed by atoms with Gasteiger partial charge in [-0.3, -0.25) is 24.2 Å². The quantitative estimate of drug-likeness (QED) is 0.339. The number of rotatable bonds is 8. The van der Waals surface area contributed by atoms with E-state index in [2.05, 4.69) is 18.7 Å². The predicted octanol–water partition coefficient (Wildman–Crippen LogP) is 3.52. The van der Waals surface area contributed by atoms with Gasteiger partial charge in [0.1, 0.15) is 28.6 Å².